The number of imide groups is 1. The van der Waals surface area contributed by atoms with Gasteiger partial charge in [0.25, 0.3) is 11.8 Å². The molecule has 3 rings (SSSR count). The Bertz CT molecular complexity index is 1970. The molecule has 2 atom stereocenters. The van der Waals surface area contributed by atoms with Crippen molar-refractivity contribution in [2.75, 3.05) is 4.90 Å². The number of halogens is 6. The minimum Gasteiger partial charge on any atom is -0.474 e. The molecule has 2 heterocycles. The van der Waals surface area contributed by atoms with Crippen molar-refractivity contribution < 1.29 is 67.5 Å². The normalized spacial score (nSPS) is 16.9. The quantitative estimate of drug-likeness (QED) is 0.123. The molecule has 0 fully saturated rings. The summed E-state index contributed by atoms with van der Waals surface area (Å²) >= 11 is 0. The number of hydrogen-bond acceptors (Lipinski definition) is 10. The Kier molecular flexibility index (Phi) is 10.5. The van der Waals surface area contributed by atoms with E-state index in [1.54, 1.807) is 6.07 Å². The van der Waals surface area contributed by atoms with Crippen LogP contribution in [0.1, 0.15) is 92.9 Å². The lowest BCUT2D eigenvalue weighted by Crippen LogP contribution is -2.45. The molecule has 11 nitrogen and oxygen atoms in total. The number of anilines is 1. The first-order chi connectivity index (χ1) is 26.7. The number of hydrogen-bond donors (Lipinski definition) is 0. The van der Waals surface area contributed by atoms with E-state index in [0.29, 0.717) is 0 Å². The molecule has 2 aromatic heterocycles. The smallest absolute Gasteiger partial charge is 0.426 e. The zero-order chi connectivity index (χ0) is 45.2. The fourth-order valence-electron chi connectivity index (χ4n) is 4.35. The number of pyridine rings is 1. The Balaban J connectivity index is 2.56. The number of benzene rings is 1. The molecule has 1 aromatic carbocycles. The summed E-state index contributed by atoms with van der Waals surface area (Å²) in [4.78, 5) is 31.0. The fourth-order valence-corrected chi connectivity index (χ4v) is 4.35. The Morgan fingerprint density at radius 2 is 1.58 bits per heavy atom. The van der Waals surface area contributed by atoms with Gasteiger partial charge in [-0.05, 0) is 72.9 Å². The van der Waals surface area contributed by atoms with Crippen molar-refractivity contribution >= 4 is 17.9 Å². The van der Waals surface area contributed by atoms with Crippen molar-refractivity contribution in [3.63, 3.8) is 0 Å². The van der Waals surface area contributed by atoms with Crippen molar-refractivity contribution in [2.45, 2.75) is 109 Å². The summed E-state index contributed by atoms with van der Waals surface area (Å²) in [6.07, 6.45) is -21.7. The van der Waals surface area contributed by atoms with E-state index >= 15 is 13.2 Å². The Hall–Kier alpha value is -4.93. The van der Waals surface area contributed by atoms with Crippen LogP contribution in [0.2, 0.25) is 0 Å². The second-order valence-corrected chi connectivity index (χ2v) is 13.1. The maximum atomic E-state index is 15.2. The van der Waals surface area contributed by atoms with Crippen molar-refractivity contribution in [3.05, 3.63) is 78.7 Å². The Morgan fingerprint density at radius 3 is 2.08 bits per heavy atom. The summed E-state index contributed by atoms with van der Waals surface area (Å²) in [7, 11) is 0. The molecule has 0 spiro atoms. The number of carbonyl (C=O) groups excluding carboxylic acids is 2. The number of aromatic nitrogens is 3. The number of carbonyl (C=O) groups is 2. The van der Waals surface area contributed by atoms with Gasteiger partial charge in [0.2, 0.25) is 11.5 Å². The lowest BCUT2D eigenvalue weighted by atomic mass is 9.96. The molecule has 3 aromatic rings. The van der Waals surface area contributed by atoms with Crippen molar-refractivity contribution in [2.24, 2.45) is 0 Å². The number of amides is 2. The van der Waals surface area contributed by atoms with Gasteiger partial charge in [0, 0.05) is 13.2 Å². The van der Waals surface area contributed by atoms with Gasteiger partial charge < -0.3 is 23.4 Å². The zero-order valence-electron chi connectivity index (χ0n) is 35.6. The molecule has 0 saturated carbocycles. The molecule has 0 aliphatic rings. The summed E-state index contributed by atoms with van der Waals surface area (Å²) in [6.45, 7) is 9.92. The summed E-state index contributed by atoms with van der Waals surface area (Å²) in [5.74, 6) is -4.46. The monoisotopic (exact) mass is 762 g/mol. The molecule has 0 unspecified atom stereocenters. The highest BCUT2D eigenvalue weighted by Gasteiger charge is 2.61. The van der Waals surface area contributed by atoms with E-state index < -0.39 is 108 Å². The molecule has 0 saturated heterocycles. The molecule has 17 heteroatoms. The van der Waals surface area contributed by atoms with Crippen LogP contribution in [0.5, 0.6) is 5.88 Å². The highest BCUT2D eigenvalue weighted by Crippen LogP contribution is 2.48. The van der Waals surface area contributed by atoms with Crippen LogP contribution in [0.25, 0.3) is 11.6 Å². The highest BCUT2D eigenvalue weighted by molar-refractivity contribution is 6.11. The van der Waals surface area contributed by atoms with E-state index in [-0.39, 0.29) is 29.0 Å². The van der Waals surface area contributed by atoms with Crippen molar-refractivity contribution in [1.82, 2.24) is 15.2 Å². The van der Waals surface area contributed by atoms with Gasteiger partial charge in [-0.1, -0.05) is 42.5 Å². The topological polar surface area (TPSA) is 126 Å². The van der Waals surface area contributed by atoms with Crippen LogP contribution in [0, 0.1) is 0 Å². The third kappa shape index (κ3) is 11.0. The third-order valence-corrected chi connectivity index (χ3v) is 6.56. The Labute approximate surface area is 311 Å². The second kappa shape index (κ2) is 16.4. The maximum absolute atomic E-state index is 15.2. The summed E-state index contributed by atoms with van der Waals surface area (Å²) in [6, 6.07) is 7.53. The number of allylic oxidation sites excluding steroid dienone is 1. The van der Waals surface area contributed by atoms with Gasteiger partial charge in [0.15, 0.2) is 5.69 Å². The highest BCUT2D eigenvalue weighted by atomic mass is 19.4. The predicted molar refractivity (Wildman–Crippen MR) is 181 cm³/mol. The third-order valence-electron chi connectivity index (χ3n) is 6.56. The lowest BCUT2D eigenvalue weighted by molar-refractivity contribution is -0.299. The van der Waals surface area contributed by atoms with Crippen LogP contribution < -0.4 is 9.64 Å². The van der Waals surface area contributed by atoms with Crippen molar-refractivity contribution in [3.8, 4) is 17.5 Å². The molecule has 53 heavy (non-hydrogen) atoms. The van der Waals surface area contributed by atoms with Crippen LogP contribution in [0.3, 0.4) is 0 Å². The molecule has 290 valence electrons. The van der Waals surface area contributed by atoms with Gasteiger partial charge in [0.05, 0.1) is 13.7 Å². The van der Waals surface area contributed by atoms with E-state index in [1.807, 2.05) is 0 Å². The average Bonchev–Trinajstić information content (AvgIpc) is 3.56. The maximum Gasteiger partial charge on any atom is 0.426 e. The van der Waals surface area contributed by atoms with E-state index in [4.69, 9.17) is 31.6 Å². The van der Waals surface area contributed by atoms with Crippen LogP contribution in [0.15, 0.2) is 66.1 Å². The first-order valence-corrected chi connectivity index (χ1v) is 15.6. The van der Waals surface area contributed by atoms with Crippen LogP contribution in [-0.4, -0.2) is 50.8 Å². The molecule has 0 aliphatic heterocycles. The minimum absolute atomic E-state index is 0.0283. The number of alkyl halides is 6. The standard InChI is InChI=1S/C36H42F6N4O7/c1-10-12-19-34(36(40,41)42,49-21-23-17-14-13-15-18-23)29-45-44-28(51-29)26-25(20-24(35(37,38)39)27(43-26)50-22(3)16-11-2)46(30(47)52-32(4,5)6)31(48)53-33(7,8)9/h10-11,13-15,17-18,20,22H,1-2,12,16,19,21H2,3-9H3/t22-,34-/m1/s1/i3D3,16D2,22D. The SMILES string of the molecule is [2H]C([2H])([2H])[C@@]([2H])(Oc1nc(-c2nnc([C@@](CCC=C)(OCc3ccccc3)C(F)(F)F)o2)c(N(C(=O)OC(C)(C)C)C(=O)OC(C)(C)C)cc1C(F)(F)F)C([2H])([2H])C=C. The van der Waals surface area contributed by atoms with E-state index in [9.17, 15) is 22.8 Å². The fraction of sp³-hybridized carbons (Fsp3) is 0.472. The summed E-state index contributed by atoms with van der Waals surface area (Å²) in [5.41, 5.74) is -10.7. The molecule has 0 radical (unpaired) electrons. The zero-order valence-corrected chi connectivity index (χ0v) is 29.6. The van der Waals surface area contributed by atoms with Gasteiger partial charge in [0.1, 0.15) is 22.8 Å². The minimum atomic E-state index is -5.67. The van der Waals surface area contributed by atoms with Gasteiger partial charge in [-0.15, -0.1) is 23.4 Å². The van der Waals surface area contributed by atoms with Crippen LogP contribution in [-0.2, 0) is 32.6 Å². The summed E-state index contributed by atoms with van der Waals surface area (Å²) in [5, 5.41) is 7.10. The lowest BCUT2D eigenvalue weighted by Gasteiger charge is -2.32. The van der Waals surface area contributed by atoms with Gasteiger partial charge in [-0.3, -0.25) is 0 Å². The number of rotatable bonds is 13. The van der Waals surface area contributed by atoms with Crippen LogP contribution >= 0.6 is 0 Å². The van der Waals surface area contributed by atoms with Crippen LogP contribution in [0.4, 0.5) is 41.6 Å². The average molecular weight is 763 g/mol. The molecule has 0 bridgehead atoms. The molecular formula is C36H42F6N4O7. The predicted octanol–water partition coefficient (Wildman–Crippen LogP) is 10.1. The first kappa shape index (κ1) is 33.9. The second-order valence-electron chi connectivity index (χ2n) is 13.1. The van der Waals surface area contributed by atoms with E-state index in [2.05, 4.69) is 28.3 Å². The van der Waals surface area contributed by atoms with E-state index in [1.165, 1.54) is 65.8 Å². The molecular weight excluding hydrogens is 714 g/mol. The number of nitrogens with zero attached hydrogens (tertiary/aromatic N) is 4. The molecule has 0 aliphatic carbocycles. The Morgan fingerprint density at radius 1 is 0.981 bits per heavy atom. The van der Waals surface area contributed by atoms with Gasteiger partial charge in [-0.25, -0.2) is 14.6 Å². The molecule has 2 amide bonds. The van der Waals surface area contributed by atoms with E-state index in [0.717, 1.165) is 6.08 Å². The largest absolute Gasteiger partial charge is 0.474 e. The summed E-state index contributed by atoms with van der Waals surface area (Å²) < 4.78 is 165. The molecule has 0 N–H and O–H groups in total. The van der Waals surface area contributed by atoms with Crippen molar-refractivity contribution in [1.29, 1.82) is 0 Å². The first-order valence-electron chi connectivity index (χ1n) is 18.6. The van der Waals surface area contributed by atoms with Gasteiger partial charge in [-0.2, -0.15) is 31.2 Å². The van der Waals surface area contributed by atoms with Gasteiger partial charge >= 0.3 is 24.5 Å². The number of ether oxygens (including phenoxy) is 4.